The summed E-state index contributed by atoms with van der Waals surface area (Å²) in [5.41, 5.74) is 8.20. The van der Waals surface area contributed by atoms with Crippen LogP contribution < -0.4 is 16.0 Å². The van der Waals surface area contributed by atoms with Crippen molar-refractivity contribution in [1.29, 1.82) is 0 Å². The highest BCUT2D eigenvalue weighted by molar-refractivity contribution is 9.10. The van der Waals surface area contributed by atoms with E-state index in [4.69, 9.17) is 10.5 Å². The first-order valence-corrected chi connectivity index (χ1v) is 6.19. The average Bonchev–Trinajstić information content (AvgIpc) is 2.37. The maximum absolute atomic E-state index is 11.7. The summed E-state index contributed by atoms with van der Waals surface area (Å²) in [6, 6.07) is 5.51. The minimum Gasteiger partial charge on any atom is -0.488 e. The molecule has 0 bridgehead atoms. The largest absolute Gasteiger partial charge is 0.488 e. The van der Waals surface area contributed by atoms with Crippen LogP contribution in [0.4, 0.5) is 0 Å². The molecule has 100 valence electrons. The van der Waals surface area contributed by atoms with E-state index in [0.717, 1.165) is 10.0 Å². The van der Waals surface area contributed by atoms with E-state index in [1.807, 2.05) is 18.2 Å². The third-order valence-electron chi connectivity index (χ3n) is 2.36. The van der Waals surface area contributed by atoms with Gasteiger partial charge >= 0.3 is 0 Å². The van der Waals surface area contributed by atoms with E-state index in [0.29, 0.717) is 11.3 Å². The zero-order chi connectivity index (χ0) is 13.8. The molecule has 6 nitrogen and oxygen atoms in total. The van der Waals surface area contributed by atoms with E-state index < -0.39 is 11.8 Å². The van der Waals surface area contributed by atoms with Crippen molar-refractivity contribution < 1.29 is 19.2 Å². The highest BCUT2D eigenvalue weighted by Crippen LogP contribution is 2.29. The number of benzene rings is 1. The average molecular weight is 327 g/mol. The minimum atomic E-state index is -0.663. The molecule has 7 heteroatoms. The Kier molecular flexibility index (Phi) is 4.18. The molecule has 0 saturated carbocycles. The van der Waals surface area contributed by atoms with Crippen LogP contribution in [0.25, 0.3) is 6.08 Å². The third-order valence-corrected chi connectivity index (χ3v) is 2.85. The van der Waals surface area contributed by atoms with Crippen molar-refractivity contribution >= 4 is 33.8 Å². The number of carbonyl (C=O) groups excluding carboxylic acids is 2. The van der Waals surface area contributed by atoms with Gasteiger partial charge in [0.2, 0.25) is 5.91 Å². The fourth-order valence-corrected chi connectivity index (χ4v) is 1.90. The van der Waals surface area contributed by atoms with Crippen molar-refractivity contribution in [3.05, 3.63) is 33.8 Å². The molecule has 2 amide bonds. The number of nitrogens with two attached hydrogens (primary N) is 1. The van der Waals surface area contributed by atoms with Gasteiger partial charge in [-0.2, -0.15) is 0 Å². The summed E-state index contributed by atoms with van der Waals surface area (Å²) >= 11 is 3.34. The Morgan fingerprint density at radius 2 is 2.26 bits per heavy atom. The van der Waals surface area contributed by atoms with Crippen molar-refractivity contribution in [3.8, 4) is 5.75 Å². The molecule has 0 saturated heterocycles. The number of fused-ring (bicyclic) bond motifs is 1. The Labute approximate surface area is 117 Å². The Balaban J connectivity index is 2.05. The molecule has 0 fully saturated rings. The summed E-state index contributed by atoms with van der Waals surface area (Å²) < 4.78 is 6.33. The van der Waals surface area contributed by atoms with Gasteiger partial charge in [0.25, 0.3) is 5.91 Å². The fraction of sp³-hybridized carbons (Fsp3) is 0.167. The lowest BCUT2D eigenvalue weighted by molar-refractivity contribution is -0.135. The molecule has 1 heterocycles. The molecule has 0 aromatic heterocycles. The molecule has 1 aliphatic rings. The number of hydrogen-bond acceptors (Lipinski definition) is 4. The van der Waals surface area contributed by atoms with Crippen LogP contribution in [0.2, 0.25) is 0 Å². The summed E-state index contributed by atoms with van der Waals surface area (Å²) in [7, 11) is 0. The van der Waals surface area contributed by atoms with E-state index >= 15 is 0 Å². The van der Waals surface area contributed by atoms with Crippen LogP contribution in [0.1, 0.15) is 5.56 Å². The number of ether oxygens (including phenoxy) is 1. The fourth-order valence-electron chi connectivity index (χ4n) is 1.52. The van der Waals surface area contributed by atoms with Gasteiger partial charge in [0.1, 0.15) is 12.4 Å². The molecule has 1 aromatic carbocycles. The SMILES string of the molecule is NC(=O)CONC(=O)C1=Cc2cc(Br)ccc2OC1. The van der Waals surface area contributed by atoms with Gasteiger partial charge in [0.05, 0.1) is 5.57 Å². The second kappa shape index (κ2) is 5.85. The van der Waals surface area contributed by atoms with Crippen molar-refractivity contribution in [3.63, 3.8) is 0 Å². The first kappa shape index (κ1) is 13.6. The molecule has 0 aliphatic carbocycles. The quantitative estimate of drug-likeness (QED) is 0.799. The molecule has 3 N–H and O–H groups in total. The van der Waals surface area contributed by atoms with Crippen molar-refractivity contribution in [1.82, 2.24) is 5.48 Å². The van der Waals surface area contributed by atoms with Crippen LogP contribution in [0.5, 0.6) is 5.75 Å². The van der Waals surface area contributed by atoms with E-state index in [-0.39, 0.29) is 13.2 Å². The maximum atomic E-state index is 11.7. The van der Waals surface area contributed by atoms with Gasteiger partial charge in [-0.15, -0.1) is 0 Å². The molecule has 1 aromatic rings. The van der Waals surface area contributed by atoms with Crippen LogP contribution in [0, 0.1) is 0 Å². The van der Waals surface area contributed by atoms with Crippen molar-refractivity contribution in [2.24, 2.45) is 5.73 Å². The number of halogens is 1. The Morgan fingerprint density at radius 3 is 3.00 bits per heavy atom. The summed E-state index contributed by atoms with van der Waals surface area (Å²) in [4.78, 5) is 26.8. The van der Waals surface area contributed by atoms with Gasteiger partial charge in [-0.05, 0) is 24.3 Å². The van der Waals surface area contributed by atoms with Crippen LogP contribution in [-0.2, 0) is 14.4 Å². The number of hydrogen-bond donors (Lipinski definition) is 2. The molecule has 0 unspecified atom stereocenters. The molecule has 0 radical (unpaired) electrons. The number of carbonyl (C=O) groups is 2. The topological polar surface area (TPSA) is 90.7 Å². The molecule has 2 rings (SSSR count). The number of nitrogens with one attached hydrogen (secondary N) is 1. The highest BCUT2D eigenvalue weighted by atomic mass is 79.9. The molecule has 19 heavy (non-hydrogen) atoms. The number of rotatable bonds is 4. The Bertz CT molecular complexity index is 557. The van der Waals surface area contributed by atoms with Crippen LogP contribution in [0.15, 0.2) is 28.2 Å². The lowest BCUT2D eigenvalue weighted by Crippen LogP contribution is -2.32. The van der Waals surface area contributed by atoms with E-state index in [2.05, 4.69) is 26.2 Å². The van der Waals surface area contributed by atoms with Gasteiger partial charge in [-0.3, -0.25) is 14.4 Å². The van der Waals surface area contributed by atoms with Crippen LogP contribution >= 0.6 is 15.9 Å². The van der Waals surface area contributed by atoms with E-state index in [1.165, 1.54) is 0 Å². The van der Waals surface area contributed by atoms with Gasteiger partial charge in [-0.25, -0.2) is 5.48 Å². The first-order chi connectivity index (χ1) is 9.06. The summed E-state index contributed by atoms with van der Waals surface area (Å²) in [6.45, 7) is -0.234. The summed E-state index contributed by atoms with van der Waals surface area (Å²) in [6.07, 6.45) is 1.70. The van der Waals surface area contributed by atoms with Gasteiger partial charge in [0.15, 0.2) is 6.61 Å². The summed E-state index contributed by atoms with van der Waals surface area (Å²) in [5.74, 6) is -0.423. The van der Waals surface area contributed by atoms with Crippen molar-refractivity contribution in [2.45, 2.75) is 0 Å². The van der Waals surface area contributed by atoms with E-state index in [1.54, 1.807) is 6.08 Å². The Morgan fingerprint density at radius 1 is 1.47 bits per heavy atom. The van der Waals surface area contributed by atoms with Gasteiger partial charge < -0.3 is 10.5 Å². The van der Waals surface area contributed by atoms with Gasteiger partial charge in [-0.1, -0.05) is 15.9 Å². The zero-order valence-corrected chi connectivity index (χ0v) is 11.4. The first-order valence-electron chi connectivity index (χ1n) is 5.39. The minimum absolute atomic E-state index is 0.139. The van der Waals surface area contributed by atoms with Gasteiger partial charge in [0, 0.05) is 10.0 Å². The van der Waals surface area contributed by atoms with E-state index in [9.17, 15) is 9.59 Å². The standard InChI is InChI=1S/C12H11BrN2O4/c13-9-1-2-10-7(4-9)3-8(5-18-10)12(17)15-19-6-11(14)16/h1-4H,5-6H2,(H2,14,16)(H,15,17). The number of primary amides is 1. The number of amides is 2. The predicted octanol–water partition coefficient (Wildman–Crippen LogP) is 0.758. The lowest BCUT2D eigenvalue weighted by Gasteiger charge is -2.17. The number of hydroxylamine groups is 1. The normalized spacial score (nSPS) is 13.0. The highest BCUT2D eigenvalue weighted by Gasteiger charge is 2.17. The smallest absolute Gasteiger partial charge is 0.274 e. The summed E-state index contributed by atoms with van der Waals surface area (Å²) in [5, 5.41) is 0. The molecule has 0 spiro atoms. The zero-order valence-electron chi connectivity index (χ0n) is 9.81. The van der Waals surface area contributed by atoms with Crippen molar-refractivity contribution in [2.75, 3.05) is 13.2 Å². The molecule has 0 atom stereocenters. The Hall–Kier alpha value is -1.86. The molecular weight excluding hydrogens is 316 g/mol. The van der Waals surface area contributed by atoms with Crippen LogP contribution in [0.3, 0.4) is 0 Å². The third kappa shape index (κ3) is 3.55. The lowest BCUT2D eigenvalue weighted by atomic mass is 10.1. The molecule has 1 aliphatic heterocycles. The second-order valence-corrected chi connectivity index (χ2v) is 4.74. The predicted molar refractivity (Wildman–Crippen MR) is 70.9 cm³/mol. The maximum Gasteiger partial charge on any atom is 0.274 e. The second-order valence-electron chi connectivity index (χ2n) is 3.83. The monoisotopic (exact) mass is 326 g/mol. The van der Waals surface area contributed by atoms with Crippen LogP contribution in [-0.4, -0.2) is 25.0 Å². The molecular formula is C12H11BrN2O4.